The average Bonchev–Trinajstić information content (AvgIpc) is 3.22. The van der Waals surface area contributed by atoms with E-state index in [1.54, 1.807) is 14.2 Å². The molecule has 6 nitrogen and oxygen atoms in total. The van der Waals surface area contributed by atoms with E-state index in [-0.39, 0.29) is 0 Å². The first-order chi connectivity index (χ1) is 8.76. The van der Waals surface area contributed by atoms with Crippen molar-refractivity contribution in [2.24, 2.45) is 5.92 Å². The SMILES string of the molecule is CCNC(Cc1nc(OC)nc(OC)n1)C1CC1. The summed E-state index contributed by atoms with van der Waals surface area (Å²) in [5.74, 6) is 1.47. The van der Waals surface area contributed by atoms with Crippen LogP contribution < -0.4 is 14.8 Å². The highest BCUT2D eigenvalue weighted by atomic mass is 16.5. The standard InChI is InChI=1S/C12H20N4O2/c1-4-13-9(8-5-6-8)7-10-14-11(17-2)16-12(15-10)18-3/h8-9,13H,4-7H2,1-3H3. The molecule has 0 bridgehead atoms. The molecule has 0 radical (unpaired) electrons. The minimum absolute atomic E-state index is 0.308. The van der Waals surface area contributed by atoms with E-state index >= 15 is 0 Å². The van der Waals surface area contributed by atoms with Gasteiger partial charge in [-0.05, 0) is 25.3 Å². The molecule has 6 heteroatoms. The van der Waals surface area contributed by atoms with Crippen LogP contribution in [0.5, 0.6) is 12.0 Å². The largest absolute Gasteiger partial charge is 0.467 e. The van der Waals surface area contributed by atoms with Gasteiger partial charge in [-0.1, -0.05) is 6.92 Å². The highest BCUT2D eigenvalue weighted by molar-refractivity contribution is 5.07. The van der Waals surface area contributed by atoms with Crippen molar-refractivity contribution in [3.8, 4) is 12.0 Å². The van der Waals surface area contributed by atoms with E-state index in [2.05, 4.69) is 27.2 Å². The summed E-state index contributed by atoms with van der Waals surface area (Å²) in [7, 11) is 3.09. The number of hydrogen-bond donors (Lipinski definition) is 1. The summed E-state index contributed by atoms with van der Waals surface area (Å²) < 4.78 is 10.1. The van der Waals surface area contributed by atoms with Crippen molar-refractivity contribution < 1.29 is 9.47 Å². The van der Waals surface area contributed by atoms with Crippen molar-refractivity contribution in [2.75, 3.05) is 20.8 Å². The lowest BCUT2D eigenvalue weighted by molar-refractivity contribution is 0.333. The van der Waals surface area contributed by atoms with E-state index in [0.717, 1.165) is 24.7 Å². The van der Waals surface area contributed by atoms with E-state index < -0.39 is 0 Å². The molecule has 1 aromatic rings. The molecule has 1 aliphatic rings. The maximum atomic E-state index is 5.05. The zero-order valence-corrected chi connectivity index (χ0v) is 11.1. The highest BCUT2D eigenvalue weighted by Gasteiger charge is 2.31. The van der Waals surface area contributed by atoms with Crippen LogP contribution in [0.2, 0.25) is 0 Å². The first-order valence-corrected chi connectivity index (χ1v) is 6.33. The lowest BCUT2D eigenvalue weighted by Crippen LogP contribution is -2.33. The Morgan fingerprint density at radius 2 is 1.78 bits per heavy atom. The molecule has 1 fully saturated rings. The minimum atomic E-state index is 0.308. The van der Waals surface area contributed by atoms with Crippen molar-refractivity contribution in [3.05, 3.63) is 5.82 Å². The molecule has 0 saturated heterocycles. The number of nitrogens with one attached hydrogen (secondary N) is 1. The second-order valence-corrected chi connectivity index (χ2v) is 4.43. The second kappa shape index (κ2) is 5.95. The fraction of sp³-hybridized carbons (Fsp3) is 0.750. The van der Waals surface area contributed by atoms with Crippen molar-refractivity contribution in [1.29, 1.82) is 0 Å². The van der Waals surface area contributed by atoms with Gasteiger partial charge < -0.3 is 14.8 Å². The van der Waals surface area contributed by atoms with E-state index in [0.29, 0.717) is 18.1 Å². The molecule has 1 atom stereocenters. The summed E-state index contributed by atoms with van der Waals surface area (Å²) in [5.41, 5.74) is 0. The molecule has 18 heavy (non-hydrogen) atoms. The van der Waals surface area contributed by atoms with Crippen LogP contribution in [0.15, 0.2) is 0 Å². The fourth-order valence-corrected chi connectivity index (χ4v) is 2.01. The third kappa shape index (κ3) is 3.29. The van der Waals surface area contributed by atoms with Gasteiger partial charge >= 0.3 is 12.0 Å². The predicted octanol–water partition coefficient (Wildman–Crippen LogP) is 0.819. The third-order valence-corrected chi connectivity index (χ3v) is 3.07. The molecule has 0 aromatic carbocycles. The maximum absolute atomic E-state index is 5.05. The Morgan fingerprint density at radius 1 is 1.17 bits per heavy atom. The zero-order valence-electron chi connectivity index (χ0n) is 11.1. The molecule has 1 N–H and O–H groups in total. The van der Waals surface area contributed by atoms with Crippen molar-refractivity contribution in [3.63, 3.8) is 0 Å². The number of likely N-dealkylation sites (N-methyl/N-ethyl adjacent to an activating group) is 1. The van der Waals surface area contributed by atoms with Crippen LogP contribution in [0, 0.1) is 5.92 Å². The van der Waals surface area contributed by atoms with Crippen LogP contribution in [0.3, 0.4) is 0 Å². The Bertz CT molecular complexity index is 373. The van der Waals surface area contributed by atoms with Crippen LogP contribution in [0.4, 0.5) is 0 Å². The maximum Gasteiger partial charge on any atom is 0.322 e. The Balaban J connectivity index is 2.10. The molecule has 0 amide bonds. The Kier molecular flexibility index (Phi) is 4.30. The van der Waals surface area contributed by atoms with Gasteiger partial charge in [-0.3, -0.25) is 0 Å². The molecule has 1 saturated carbocycles. The zero-order chi connectivity index (χ0) is 13.0. The van der Waals surface area contributed by atoms with Gasteiger partial charge in [0.05, 0.1) is 14.2 Å². The van der Waals surface area contributed by atoms with E-state index in [1.807, 2.05) is 0 Å². The van der Waals surface area contributed by atoms with E-state index in [1.165, 1.54) is 12.8 Å². The van der Waals surface area contributed by atoms with Crippen molar-refractivity contribution in [1.82, 2.24) is 20.3 Å². The van der Waals surface area contributed by atoms with Crippen molar-refractivity contribution >= 4 is 0 Å². The number of rotatable bonds is 7. The number of nitrogens with zero attached hydrogens (tertiary/aromatic N) is 3. The predicted molar refractivity (Wildman–Crippen MR) is 66.8 cm³/mol. The summed E-state index contributed by atoms with van der Waals surface area (Å²) in [6, 6.07) is 1.05. The minimum Gasteiger partial charge on any atom is -0.467 e. The van der Waals surface area contributed by atoms with Gasteiger partial charge in [0.15, 0.2) is 0 Å². The molecule has 1 aliphatic carbocycles. The van der Waals surface area contributed by atoms with Crippen molar-refractivity contribution in [2.45, 2.75) is 32.2 Å². The molecule has 2 rings (SSSR count). The summed E-state index contributed by atoms with van der Waals surface area (Å²) in [6.07, 6.45) is 3.36. The Morgan fingerprint density at radius 3 is 2.22 bits per heavy atom. The third-order valence-electron chi connectivity index (χ3n) is 3.07. The molecule has 0 aliphatic heterocycles. The normalized spacial score (nSPS) is 16.4. The molecular weight excluding hydrogens is 232 g/mol. The van der Waals surface area contributed by atoms with Gasteiger partial charge in [0.2, 0.25) is 0 Å². The van der Waals surface area contributed by atoms with Crippen LogP contribution in [-0.2, 0) is 6.42 Å². The molecule has 1 unspecified atom stereocenters. The topological polar surface area (TPSA) is 69.2 Å². The molecular formula is C12H20N4O2. The lowest BCUT2D eigenvalue weighted by Gasteiger charge is -2.16. The number of hydrogen-bond acceptors (Lipinski definition) is 6. The van der Waals surface area contributed by atoms with Gasteiger partial charge in [-0.2, -0.15) is 9.97 Å². The van der Waals surface area contributed by atoms with Crippen LogP contribution in [0.25, 0.3) is 0 Å². The monoisotopic (exact) mass is 252 g/mol. The summed E-state index contributed by atoms with van der Waals surface area (Å²) in [5, 5.41) is 3.49. The molecule has 0 spiro atoms. The summed E-state index contributed by atoms with van der Waals surface area (Å²) in [6.45, 7) is 3.07. The second-order valence-electron chi connectivity index (χ2n) is 4.43. The molecule has 1 aromatic heterocycles. The van der Waals surface area contributed by atoms with E-state index in [9.17, 15) is 0 Å². The number of ether oxygens (including phenoxy) is 2. The Hall–Kier alpha value is -1.43. The van der Waals surface area contributed by atoms with Gasteiger partial charge in [-0.25, -0.2) is 0 Å². The quantitative estimate of drug-likeness (QED) is 0.775. The van der Waals surface area contributed by atoms with Gasteiger partial charge in [0.1, 0.15) is 5.82 Å². The summed E-state index contributed by atoms with van der Waals surface area (Å²) in [4.78, 5) is 12.5. The highest BCUT2D eigenvalue weighted by Crippen LogP contribution is 2.33. The number of methoxy groups -OCH3 is 2. The molecule has 100 valence electrons. The first kappa shape index (κ1) is 13.0. The smallest absolute Gasteiger partial charge is 0.322 e. The Labute approximate surface area is 107 Å². The van der Waals surface area contributed by atoms with Crippen LogP contribution in [-0.4, -0.2) is 41.8 Å². The first-order valence-electron chi connectivity index (χ1n) is 6.33. The van der Waals surface area contributed by atoms with Crippen LogP contribution in [0.1, 0.15) is 25.6 Å². The van der Waals surface area contributed by atoms with Gasteiger partial charge in [-0.15, -0.1) is 4.98 Å². The fourth-order valence-electron chi connectivity index (χ4n) is 2.01. The van der Waals surface area contributed by atoms with Gasteiger partial charge in [0, 0.05) is 12.5 Å². The number of aromatic nitrogens is 3. The summed E-state index contributed by atoms with van der Waals surface area (Å²) >= 11 is 0. The lowest BCUT2D eigenvalue weighted by atomic mass is 10.1. The van der Waals surface area contributed by atoms with Crippen LogP contribution >= 0.6 is 0 Å². The van der Waals surface area contributed by atoms with Gasteiger partial charge in [0.25, 0.3) is 0 Å². The van der Waals surface area contributed by atoms with E-state index in [4.69, 9.17) is 9.47 Å². The average molecular weight is 252 g/mol. The molecule has 1 heterocycles.